The summed E-state index contributed by atoms with van der Waals surface area (Å²) in [4.78, 5) is 4.30. The summed E-state index contributed by atoms with van der Waals surface area (Å²) < 4.78 is 7.00. The van der Waals surface area contributed by atoms with Crippen LogP contribution >= 0.6 is 0 Å². The molecule has 2 N–H and O–H groups in total. The van der Waals surface area contributed by atoms with Crippen molar-refractivity contribution in [2.45, 2.75) is 6.54 Å². The number of hydrogen-bond acceptors (Lipinski definition) is 3. The van der Waals surface area contributed by atoms with Gasteiger partial charge in [0.05, 0.1) is 12.8 Å². The molecule has 0 atom stereocenters. The Morgan fingerprint density at radius 2 is 2.46 bits per heavy atom. The second kappa shape index (κ2) is 3.06. The highest BCUT2D eigenvalue weighted by Crippen LogP contribution is 2.13. The van der Waals surface area contributed by atoms with Crippen LogP contribution in [0.1, 0.15) is 5.69 Å². The molecule has 0 aliphatic heterocycles. The lowest BCUT2D eigenvalue weighted by molar-refractivity contribution is 0.414. The molecule has 0 saturated carbocycles. The van der Waals surface area contributed by atoms with Gasteiger partial charge in [0.15, 0.2) is 0 Å². The fraction of sp³-hybridized carbons (Fsp3) is 0.222. The van der Waals surface area contributed by atoms with Crippen LogP contribution < -0.4 is 10.5 Å². The van der Waals surface area contributed by atoms with Crippen LogP contribution in [0.2, 0.25) is 0 Å². The summed E-state index contributed by atoms with van der Waals surface area (Å²) >= 11 is 0. The van der Waals surface area contributed by atoms with E-state index in [-0.39, 0.29) is 0 Å². The van der Waals surface area contributed by atoms with Gasteiger partial charge in [-0.3, -0.25) is 0 Å². The zero-order chi connectivity index (χ0) is 9.26. The molecule has 0 aliphatic rings. The molecule has 13 heavy (non-hydrogen) atoms. The molecule has 0 aliphatic carbocycles. The molecule has 0 unspecified atom stereocenters. The van der Waals surface area contributed by atoms with Crippen molar-refractivity contribution >= 4 is 5.65 Å². The van der Waals surface area contributed by atoms with Gasteiger partial charge in [0, 0.05) is 25.0 Å². The predicted molar refractivity (Wildman–Crippen MR) is 49.6 cm³/mol. The maximum Gasteiger partial charge on any atom is 0.140 e. The third-order valence-corrected chi connectivity index (χ3v) is 1.93. The Labute approximate surface area is 76.0 Å². The SMILES string of the molecule is COc1ccn2cc(CN)nc2c1. The quantitative estimate of drug-likeness (QED) is 0.738. The van der Waals surface area contributed by atoms with Crippen LogP contribution in [0.5, 0.6) is 5.75 Å². The van der Waals surface area contributed by atoms with E-state index in [1.807, 2.05) is 28.9 Å². The Morgan fingerprint density at radius 1 is 1.62 bits per heavy atom. The molecule has 0 spiro atoms. The van der Waals surface area contributed by atoms with Crippen molar-refractivity contribution in [3.63, 3.8) is 0 Å². The van der Waals surface area contributed by atoms with Gasteiger partial charge in [0.2, 0.25) is 0 Å². The minimum absolute atomic E-state index is 0.462. The molecule has 0 aromatic carbocycles. The molecule has 2 rings (SSSR count). The molecule has 0 bridgehead atoms. The average molecular weight is 177 g/mol. The van der Waals surface area contributed by atoms with E-state index in [4.69, 9.17) is 10.5 Å². The Balaban J connectivity index is 2.57. The van der Waals surface area contributed by atoms with Crippen molar-refractivity contribution < 1.29 is 4.74 Å². The number of ether oxygens (including phenoxy) is 1. The lowest BCUT2D eigenvalue weighted by Crippen LogP contribution is -1.95. The third kappa shape index (κ3) is 1.36. The molecule has 2 aromatic rings. The Hall–Kier alpha value is -1.55. The summed E-state index contributed by atoms with van der Waals surface area (Å²) in [6.45, 7) is 0.462. The van der Waals surface area contributed by atoms with Crippen LogP contribution in [0.4, 0.5) is 0 Å². The second-order valence-electron chi connectivity index (χ2n) is 2.77. The summed E-state index contributed by atoms with van der Waals surface area (Å²) in [5.74, 6) is 0.807. The summed E-state index contributed by atoms with van der Waals surface area (Å²) in [6, 6.07) is 3.76. The molecule has 2 aromatic heterocycles. The standard InChI is InChI=1S/C9H11N3O/c1-13-8-2-3-12-6-7(5-10)11-9(12)4-8/h2-4,6H,5,10H2,1H3. The largest absolute Gasteiger partial charge is 0.497 e. The molecule has 68 valence electrons. The monoisotopic (exact) mass is 177 g/mol. The second-order valence-corrected chi connectivity index (χ2v) is 2.77. The molecule has 0 radical (unpaired) electrons. The fourth-order valence-electron chi connectivity index (χ4n) is 1.24. The van der Waals surface area contributed by atoms with Crippen molar-refractivity contribution in [1.29, 1.82) is 0 Å². The first-order chi connectivity index (χ1) is 6.33. The number of rotatable bonds is 2. The Kier molecular flexibility index (Phi) is 1.90. The summed E-state index contributed by atoms with van der Waals surface area (Å²) in [7, 11) is 1.64. The van der Waals surface area contributed by atoms with E-state index in [9.17, 15) is 0 Å². The zero-order valence-corrected chi connectivity index (χ0v) is 7.40. The maximum atomic E-state index is 5.48. The van der Waals surface area contributed by atoms with Crippen molar-refractivity contribution in [3.8, 4) is 5.75 Å². The van der Waals surface area contributed by atoms with E-state index in [1.165, 1.54) is 0 Å². The minimum atomic E-state index is 0.462. The Morgan fingerprint density at radius 3 is 3.15 bits per heavy atom. The minimum Gasteiger partial charge on any atom is -0.497 e. The van der Waals surface area contributed by atoms with Gasteiger partial charge in [-0.25, -0.2) is 4.98 Å². The number of fused-ring (bicyclic) bond motifs is 1. The molecule has 2 heterocycles. The van der Waals surface area contributed by atoms with Gasteiger partial charge < -0.3 is 14.9 Å². The lowest BCUT2D eigenvalue weighted by Gasteiger charge is -1.98. The van der Waals surface area contributed by atoms with Crippen molar-refractivity contribution in [3.05, 3.63) is 30.2 Å². The van der Waals surface area contributed by atoms with E-state index >= 15 is 0 Å². The van der Waals surface area contributed by atoms with Crippen LogP contribution in [0.15, 0.2) is 24.5 Å². The number of nitrogens with zero attached hydrogens (tertiary/aromatic N) is 2. The van der Waals surface area contributed by atoms with Gasteiger partial charge in [-0.15, -0.1) is 0 Å². The molecule has 4 nitrogen and oxygen atoms in total. The first-order valence-corrected chi connectivity index (χ1v) is 4.05. The van der Waals surface area contributed by atoms with Crippen LogP contribution in [0.25, 0.3) is 5.65 Å². The molecule has 0 saturated heterocycles. The normalized spacial score (nSPS) is 10.6. The summed E-state index contributed by atoms with van der Waals surface area (Å²) in [5, 5.41) is 0. The van der Waals surface area contributed by atoms with Gasteiger partial charge in [-0.1, -0.05) is 0 Å². The van der Waals surface area contributed by atoms with Gasteiger partial charge in [-0.05, 0) is 6.07 Å². The average Bonchev–Trinajstić information content (AvgIpc) is 2.58. The molecule has 0 fully saturated rings. The van der Waals surface area contributed by atoms with E-state index in [0.29, 0.717) is 6.54 Å². The number of imidazole rings is 1. The highest BCUT2D eigenvalue weighted by atomic mass is 16.5. The van der Waals surface area contributed by atoms with E-state index in [2.05, 4.69) is 4.98 Å². The van der Waals surface area contributed by atoms with Crippen LogP contribution in [0.3, 0.4) is 0 Å². The van der Waals surface area contributed by atoms with Crippen LogP contribution in [-0.2, 0) is 6.54 Å². The van der Waals surface area contributed by atoms with Crippen molar-refractivity contribution in [2.24, 2.45) is 5.73 Å². The van der Waals surface area contributed by atoms with Gasteiger partial charge in [-0.2, -0.15) is 0 Å². The van der Waals surface area contributed by atoms with Crippen LogP contribution in [0, 0.1) is 0 Å². The molecular weight excluding hydrogens is 166 g/mol. The van der Waals surface area contributed by atoms with E-state index in [0.717, 1.165) is 17.1 Å². The number of hydrogen-bond donors (Lipinski definition) is 1. The zero-order valence-electron chi connectivity index (χ0n) is 7.40. The topological polar surface area (TPSA) is 52.5 Å². The molecular formula is C9H11N3O. The predicted octanol–water partition coefficient (Wildman–Crippen LogP) is 0.802. The molecule has 0 amide bonds. The van der Waals surface area contributed by atoms with Gasteiger partial charge in [0.1, 0.15) is 11.4 Å². The van der Waals surface area contributed by atoms with Gasteiger partial charge in [0.25, 0.3) is 0 Å². The van der Waals surface area contributed by atoms with Crippen molar-refractivity contribution in [1.82, 2.24) is 9.38 Å². The van der Waals surface area contributed by atoms with Gasteiger partial charge >= 0.3 is 0 Å². The number of pyridine rings is 1. The molecule has 4 heteroatoms. The third-order valence-electron chi connectivity index (χ3n) is 1.93. The lowest BCUT2D eigenvalue weighted by atomic mass is 10.4. The highest BCUT2D eigenvalue weighted by molar-refractivity contribution is 5.45. The first-order valence-electron chi connectivity index (χ1n) is 4.05. The Bertz CT molecular complexity index is 420. The first kappa shape index (κ1) is 8.07. The summed E-state index contributed by atoms with van der Waals surface area (Å²) in [5.41, 5.74) is 7.22. The van der Waals surface area contributed by atoms with E-state index in [1.54, 1.807) is 7.11 Å². The smallest absolute Gasteiger partial charge is 0.140 e. The highest BCUT2D eigenvalue weighted by Gasteiger charge is 2.00. The number of methoxy groups -OCH3 is 1. The van der Waals surface area contributed by atoms with Crippen molar-refractivity contribution in [2.75, 3.05) is 7.11 Å². The number of aromatic nitrogens is 2. The maximum absolute atomic E-state index is 5.48. The summed E-state index contributed by atoms with van der Waals surface area (Å²) in [6.07, 6.45) is 3.81. The number of nitrogens with two attached hydrogens (primary N) is 1. The van der Waals surface area contributed by atoms with Crippen LogP contribution in [-0.4, -0.2) is 16.5 Å². The fourth-order valence-corrected chi connectivity index (χ4v) is 1.24. The van der Waals surface area contributed by atoms with E-state index < -0.39 is 0 Å².